The van der Waals surface area contributed by atoms with Crippen LogP contribution in [0, 0.1) is 11.8 Å². The standard InChI is InChI=1S/C9H19P/c1-8-3-5-9(6-4-8)7-10-2/h8-10H,3-7H2,1-2H3. The van der Waals surface area contributed by atoms with Crippen LogP contribution in [0.25, 0.3) is 0 Å². The van der Waals surface area contributed by atoms with Gasteiger partial charge in [0.05, 0.1) is 0 Å². The maximum atomic E-state index is 2.39. The van der Waals surface area contributed by atoms with Crippen LogP contribution in [0.15, 0.2) is 0 Å². The van der Waals surface area contributed by atoms with E-state index in [4.69, 9.17) is 0 Å². The molecule has 0 heterocycles. The SMILES string of the molecule is CPCC1CCC(C)CC1. The largest absolute Gasteiger partial charge is 0.125 e. The van der Waals surface area contributed by atoms with E-state index in [1.54, 1.807) is 0 Å². The smallest absolute Gasteiger partial charge is 0.0327 e. The van der Waals surface area contributed by atoms with Gasteiger partial charge in [0.25, 0.3) is 0 Å². The molecule has 1 aliphatic carbocycles. The molecule has 0 N–H and O–H groups in total. The van der Waals surface area contributed by atoms with Crippen molar-refractivity contribution in [3.05, 3.63) is 0 Å². The first kappa shape index (κ1) is 8.53. The van der Waals surface area contributed by atoms with E-state index in [1.165, 1.54) is 40.4 Å². The number of hydrogen-bond donors (Lipinski definition) is 0. The van der Waals surface area contributed by atoms with Gasteiger partial charge in [-0.2, -0.15) is 0 Å². The van der Waals surface area contributed by atoms with Gasteiger partial charge in [0.1, 0.15) is 0 Å². The Morgan fingerprint density at radius 1 is 1.20 bits per heavy atom. The summed E-state index contributed by atoms with van der Waals surface area (Å²) in [4.78, 5) is 0. The summed E-state index contributed by atoms with van der Waals surface area (Å²) < 4.78 is 0. The predicted molar refractivity (Wildman–Crippen MR) is 50.2 cm³/mol. The average Bonchev–Trinajstić information content (AvgIpc) is 1.95. The molecule has 60 valence electrons. The van der Waals surface area contributed by atoms with E-state index in [2.05, 4.69) is 13.6 Å². The van der Waals surface area contributed by atoms with Crippen LogP contribution in [0.2, 0.25) is 0 Å². The van der Waals surface area contributed by atoms with Gasteiger partial charge in [-0.3, -0.25) is 0 Å². The minimum atomic E-state index is 1.02. The molecular formula is C9H19P. The second-order valence-corrected chi connectivity index (χ2v) is 4.80. The first-order valence-corrected chi connectivity index (χ1v) is 6.18. The molecule has 1 atom stereocenters. The van der Waals surface area contributed by atoms with Gasteiger partial charge >= 0.3 is 0 Å². The zero-order chi connectivity index (χ0) is 7.40. The van der Waals surface area contributed by atoms with Crippen LogP contribution in [-0.4, -0.2) is 12.8 Å². The quantitative estimate of drug-likeness (QED) is 0.542. The average molecular weight is 158 g/mol. The van der Waals surface area contributed by atoms with E-state index >= 15 is 0 Å². The fraction of sp³-hybridized carbons (Fsp3) is 1.00. The lowest BCUT2D eigenvalue weighted by atomic mass is 9.84. The molecule has 1 unspecified atom stereocenters. The van der Waals surface area contributed by atoms with Gasteiger partial charge in [-0.25, -0.2) is 0 Å². The molecule has 0 radical (unpaired) electrons. The Labute approximate surface area is 66.6 Å². The third-order valence-corrected chi connectivity index (χ3v) is 3.61. The minimum Gasteiger partial charge on any atom is -0.125 e. The van der Waals surface area contributed by atoms with Crippen LogP contribution < -0.4 is 0 Å². The van der Waals surface area contributed by atoms with Crippen LogP contribution in [0.3, 0.4) is 0 Å². The van der Waals surface area contributed by atoms with Gasteiger partial charge in [-0.05, 0) is 37.5 Å². The summed E-state index contributed by atoms with van der Waals surface area (Å²) in [5.41, 5.74) is 0. The first-order valence-electron chi connectivity index (χ1n) is 4.47. The summed E-state index contributed by atoms with van der Waals surface area (Å²) in [6.07, 6.45) is 7.53. The van der Waals surface area contributed by atoms with Crippen molar-refractivity contribution in [2.75, 3.05) is 12.8 Å². The van der Waals surface area contributed by atoms with Crippen molar-refractivity contribution in [3.63, 3.8) is 0 Å². The highest BCUT2D eigenvalue weighted by molar-refractivity contribution is 7.36. The lowest BCUT2D eigenvalue weighted by Crippen LogP contribution is -2.13. The molecule has 1 rings (SSSR count). The van der Waals surface area contributed by atoms with E-state index in [0.29, 0.717) is 0 Å². The monoisotopic (exact) mass is 158 g/mol. The van der Waals surface area contributed by atoms with Gasteiger partial charge in [0.15, 0.2) is 0 Å². The molecule has 1 aliphatic rings. The molecular weight excluding hydrogens is 139 g/mol. The van der Waals surface area contributed by atoms with Crippen LogP contribution >= 0.6 is 8.58 Å². The maximum Gasteiger partial charge on any atom is -0.0327 e. The Balaban J connectivity index is 2.13. The Hall–Kier alpha value is 0.430. The molecule has 10 heavy (non-hydrogen) atoms. The zero-order valence-corrected chi connectivity index (χ0v) is 8.19. The number of hydrogen-bond acceptors (Lipinski definition) is 0. The normalized spacial score (nSPS) is 35.4. The Morgan fingerprint density at radius 3 is 2.30 bits per heavy atom. The fourth-order valence-electron chi connectivity index (χ4n) is 1.82. The topological polar surface area (TPSA) is 0 Å². The second kappa shape index (κ2) is 4.34. The molecule has 0 aliphatic heterocycles. The third-order valence-electron chi connectivity index (χ3n) is 2.63. The molecule has 1 saturated carbocycles. The summed E-state index contributed by atoms with van der Waals surface area (Å²) in [5.74, 6) is 2.12. The highest BCUT2D eigenvalue weighted by Crippen LogP contribution is 2.30. The van der Waals surface area contributed by atoms with E-state index in [-0.39, 0.29) is 0 Å². The summed E-state index contributed by atoms with van der Waals surface area (Å²) in [5, 5.41) is 0. The predicted octanol–water partition coefficient (Wildman–Crippen LogP) is 3.12. The zero-order valence-electron chi connectivity index (χ0n) is 7.19. The summed E-state index contributed by atoms with van der Waals surface area (Å²) >= 11 is 0. The van der Waals surface area contributed by atoms with Crippen molar-refractivity contribution in [1.82, 2.24) is 0 Å². The molecule has 0 saturated heterocycles. The highest BCUT2D eigenvalue weighted by Gasteiger charge is 2.16. The van der Waals surface area contributed by atoms with Crippen molar-refractivity contribution in [3.8, 4) is 0 Å². The molecule has 1 fully saturated rings. The van der Waals surface area contributed by atoms with Gasteiger partial charge in [-0.1, -0.05) is 19.8 Å². The summed E-state index contributed by atoms with van der Waals surface area (Å²) in [7, 11) is 1.18. The van der Waals surface area contributed by atoms with Gasteiger partial charge in [0.2, 0.25) is 0 Å². The fourth-order valence-corrected chi connectivity index (χ4v) is 2.81. The van der Waals surface area contributed by atoms with Gasteiger partial charge in [-0.15, -0.1) is 8.58 Å². The van der Waals surface area contributed by atoms with Crippen LogP contribution in [0.5, 0.6) is 0 Å². The molecule has 1 heteroatoms. The van der Waals surface area contributed by atoms with Crippen molar-refractivity contribution in [2.45, 2.75) is 32.6 Å². The minimum absolute atomic E-state index is 1.02. The van der Waals surface area contributed by atoms with Crippen LogP contribution in [-0.2, 0) is 0 Å². The van der Waals surface area contributed by atoms with Crippen LogP contribution in [0.1, 0.15) is 32.6 Å². The summed E-state index contributed by atoms with van der Waals surface area (Å²) in [6, 6.07) is 0. The molecule has 0 aromatic heterocycles. The van der Waals surface area contributed by atoms with Crippen molar-refractivity contribution < 1.29 is 0 Å². The molecule has 0 nitrogen and oxygen atoms in total. The van der Waals surface area contributed by atoms with Crippen molar-refractivity contribution >= 4 is 8.58 Å². The van der Waals surface area contributed by atoms with E-state index in [0.717, 1.165) is 11.8 Å². The van der Waals surface area contributed by atoms with Gasteiger partial charge < -0.3 is 0 Å². The molecule has 0 amide bonds. The lowest BCUT2D eigenvalue weighted by Gasteiger charge is -2.25. The highest BCUT2D eigenvalue weighted by atomic mass is 31.1. The van der Waals surface area contributed by atoms with Crippen molar-refractivity contribution in [1.29, 1.82) is 0 Å². The molecule has 0 aromatic carbocycles. The first-order chi connectivity index (χ1) is 4.83. The maximum absolute atomic E-state index is 2.39. The van der Waals surface area contributed by atoms with E-state index < -0.39 is 0 Å². The van der Waals surface area contributed by atoms with Gasteiger partial charge in [0, 0.05) is 0 Å². The lowest BCUT2D eigenvalue weighted by molar-refractivity contribution is 0.311. The summed E-state index contributed by atoms with van der Waals surface area (Å²) in [6.45, 7) is 4.72. The van der Waals surface area contributed by atoms with Crippen molar-refractivity contribution in [2.24, 2.45) is 11.8 Å². The molecule has 0 bridgehead atoms. The van der Waals surface area contributed by atoms with Crippen LogP contribution in [0.4, 0.5) is 0 Å². The Kier molecular flexibility index (Phi) is 3.70. The number of rotatable bonds is 2. The Morgan fingerprint density at radius 2 is 1.80 bits per heavy atom. The Bertz CT molecular complexity index is 82.7. The molecule has 0 aromatic rings. The molecule has 0 spiro atoms. The van der Waals surface area contributed by atoms with E-state index in [1.807, 2.05) is 0 Å². The second-order valence-electron chi connectivity index (χ2n) is 3.68. The third kappa shape index (κ3) is 2.58. The van der Waals surface area contributed by atoms with E-state index in [9.17, 15) is 0 Å².